The summed E-state index contributed by atoms with van der Waals surface area (Å²) in [5.74, 6) is 0.864. The van der Waals surface area contributed by atoms with E-state index >= 15 is 0 Å². The molecule has 0 aliphatic carbocycles. The first-order valence-corrected chi connectivity index (χ1v) is 4.36. The van der Waals surface area contributed by atoms with Crippen LogP contribution in [-0.2, 0) is 0 Å². The summed E-state index contributed by atoms with van der Waals surface area (Å²) in [6, 6.07) is 0. The van der Waals surface area contributed by atoms with Crippen molar-refractivity contribution in [3.63, 3.8) is 0 Å². The summed E-state index contributed by atoms with van der Waals surface area (Å²) >= 11 is 0. The average molecular weight is 140 g/mol. The Hall–Kier alpha value is -0.260. The van der Waals surface area contributed by atoms with Gasteiger partial charge in [0.05, 0.1) is 0 Å². The van der Waals surface area contributed by atoms with Gasteiger partial charge in [0.15, 0.2) is 0 Å². The van der Waals surface area contributed by atoms with Gasteiger partial charge in [-0.1, -0.05) is 38.8 Å². The normalized spacial score (nSPS) is 15.4. The lowest BCUT2D eigenvalue weighted by atomic mass is 9.99. The highest BCUT2D eigenvalue weighted by atomic mass is 14.0. The molecule has 0 aliphatic heterocycles. The molecular formula is C10H20. The Kier molecular flexibility index (Phi) is 5.38. The molecule has 0 saturated carbocycles. The van der Waals surface area contributed by atoms with Crippen LogP contribution >= 0.6 is 0 Å². The van der Waals surface area contributed by atoms with Crippen molar-refractivity contribution in [2.75, 3.05) is 0 Å². The van der Waals surface area contributed by atoms with Crippen molar-refractivity contribution in [2.45, 2.75) is 47.0 Å². The smallest absolute Gasteiger partial charge is 0.0297 e. The minimum absolute atomic E-state index is 0.864. The number of rotatable bonds is 4. The summed E-state index contributed by atoms with van der Waals surface area (Å²) in [6.07, 6.45) is 6.09. The summed E-state index contributed by atoms with van der Waals surface area (Å²) in [4.78, 5) is 0. The summed E-state index contributed by atoms with van der Waals surface area (Å²) in [5, 5.41) is 0. The third-order valence-electron chi connectivity index (χ3n) is 1.92. The maximum Gasteiger partial charge on any atom is -0.0297 e. The molecule has 0 heteroatoms. The van der Waals surface area contributed by atoms with Gasteiger partial charge in [0, 0.05) is 0 Å². The Bertz CT molecular complexity index is 101. The molecule has 0 saturated heterocycles. The Morgan fingerprint density at radius 2 is 2.00 bits per heavy atom. The second-order valence-corrected chi connectivity index (χ2v) is 3.18. The molecule has 1 atom stereocenters. The largest absolute Gasteiger partial charge is 0.0859 e. The molecule has 0 rings (SSSR count). The maximum atomic E-state index is 2.33. The molecule has 0 N–H and O–H groups in total. The SMILES string of the molecule is CC/C=C(\C)CC(C)CC. The van der Waals surface area contributed by atoms with E-state index in [1.54, 1.807) is 5.57 Å². The van der Waals surface area contributed by atoms with Gasteiger partial charge in [-0.3, -0.25) is 0 Å². The number of allylic oxidation sites excluding steroid dienone is 2. The fourth-order valence-corrected chi connectivity index (χ4v) is 1.13. The van der Waals surface area contributed by atoms with Gasteiger partial charge >= 0.3 is 0 Å². The van der Waals surface area contributed by atoms with Crippen molar-refractivity contribution in [2.24, 2.45) is 5.92 Å². The van der Waals surface area contributed by atoms with E-state index in [2.05, 4.69) is 33.8 Å². The average Bonchev–Trinajstić information content (AvgIpc) is 1.88. The fourth-order valence-electron chi connectivity index (χ4n) is 1.13. The third-order valence-corrected chi connectivity index (χ3v) is 1.92. The Balaban J connectivity index is 3.56. The first kappa shape index (κ1) is 9.74. The Labute approximate surface area is 65.3 Å². The van der Waals surface area contributed by atoms with Gasteiger partial charge in [0.2, 0.25) is 0 Å². The molecule has 60 valence electrons. The van der Waals surface area contributed by atoms with Crippen LogP contribution in [0.2, 0.25) is 0 Å². The van der Waals surface area contributed by atoms with Crippen LogP contribution in [0.25, 0.3) is 0 Å². The molecule has 1 unspecified atom stereocenters. The molecule has 0 radical (unpaired) electrons. The minimum atomic E-state index is 0.864. The molecular weight excluding hydrogens is 120 g/mol. The first-order chi connectivity index (χ1) is 4.70. The van der Waals surface area contributed by atoms with Crippen LogP contribution in [0.15, 0.2) is 11.6 Å². The van der Waals surface area contributed by atoms with Gasteiger partial charge in [-0.05, 0) is 25.7 Å². The van der Waals surface area contributed by atoms with Gasteiger partial charge in [-0.15, -0.1) is 0 Å². The van der Waals surface area contributed by atoms with E-state index in [1.165, 1.54) is 19.3 Å². The topological polar surface area (TPSA) is 0 Å². The molecule has 0 spiro atoms. The highest BCUT2D eigenvalue weighted by Crippen LogP contribution is 2.13. The zero-order chi connectivity index (χ0) is 7.98. The van der Waals surface area contributed by atoms with Crippen LogP contribution < -0.4 is 0 Å². The predicted octanol–water partition coefficient (Wildman–Crippen LogP) is 3.78. The van der Waals surface area contributed by atoms with Crippen molar-refractivity contribution in [3.05, 3.63) is 11.6 Å². The van der Waals surface area contributed by atoms with Crippen molar-refractivity contribution < 1.29 is 0 Å². The van der Waals surface area contributed by atoms with Crippen LogP contribution in [-0.4, -0.2) is 0 Å². The fraction of sp³-hybridized carbons (Fsp3) is 0.800. The van der Waals surface area contributed by atoms with E-state index in [4.69, 9.17) is 0 Å². The van der Waals surface area contributed by atoms with E-state index < -0.39 is 0 Å². The summed E-state index contributed by atoms with van der Waals surface area (Å²) in [6.45, 7) is 8.99. The number of hydrogen-bond donors (Lipinski definition) is 0. The van der Waals surface area contributed by atoms with Crippen molar-refractivity contribution in [3.8, 4) is 0 Å². The minimum Gasteiger partial charge on any atom is -0.0859 e. The summed E-state index contributed by atoms with van der Waals surface area (Å²) < 4.78 is 0. The zero-order valence-corrected chi connectivity index (χ0v) is 7.78. The predicted molar refractivity (Wildman–Crippen MR) is 48.1 cm³/mol. The summed E-state index contributed by atoms with van der Waals surface area (Å²) in [5.41, 5.74) is 1.55. The van der Waals surface area contributed by atoms with E-state index in [-0.39, 0.29) is 0 Å². The highest BCUT2D eigenvalue weighted by molar-refractivity contribution is 4.97. The van der Waals surface area contributed by atoms with E-state index in [0.29, 0.717) is 0 Å². The van der Waals surface area contributed by atoms with E-state index in [0.717, 1.165) is 5.92 Å². The van der Waals surface area contributed by atoms with Crippen LogP contribution in [0.3, 0.4) is 0 Å². The van der Waals surface area contributed by atoms with Crippen molar-refractivity contribution in [1.82, 2.24) is 0 Å². The Morgan fingerprint density at radius 1 is 1.40 bits per heavy atom. The molecule has 0 aromatic heterocycles. The van der Waals surface area contributed by atoms with Crippen molar-refractivity contribution >= 4 is 0 Å². The number of hydrogen-bond acceptors (Lipinski definition) is 0. The van der Waals surface area contributed by atoms with Crippen LogP contribution in [0.4, 0.5) is 0 Å². The molecule has 0 bridgehead atoms. The third kappa shape index (κ3) is 4.60. The molecule has 0 amide bonds. The molecule has 10 heavy (non-hydrogen) atoms. The van der Waals surface area contributed by atoms with E-state index in [1.807, 2.05) is 0 Å². The maximum absolute atomic E-state index is 2.33. The van der Waals surface area contributed by atoms with Gasteiger partial charge in [0.25, 0.3) is 0 Å². The van der Waals surface area contributed by atoms with Gasteiger partial charge in [-0.2, -0.15) is 0 Å². The van der Waals surface area contributed by atoms with Crippen LogP contribution in [0, 0.1) is 5.92 Å². The molecule has 0 fully saturated rings. The highest BCUT2D eigenvalue weighted by Gasteiger charge is 1.97. The second-order valence-electron chi connectivity index (χ2n) is 3.18. The molecule has 0 heterocycles. The second kappa shape index (κ2) is 5.52. The van der Waals surface area contributed by atoms with E-state index in [9.17, 15) is 0 Å². The first-order valence-electron chi connectivity index (χ1n) is 4.36. The van der Waals surface area contributed by atoms with Crippen LogP contribution in [0.1, 0.15) is 47.0 Å². The Morgan fingerprint density at radius 3 is 2.40 bits per heavy atom. The lowest BCUT2D eigenvalue weighted by Crippen LogP contribution is -1.92. The molecule has 0 aromatic rings. The lowest BCUT2D eigenvalue weighted by molar-refractivity contribution is 0.556. The standard InChI is InChI=1S/C10H20/c1-5-7-10(4)8-9(3)6-2/h7,9H,5-6,8H2,1-4H3/b10-7+. The van der Waals surface area contributed by atoms with Gasteiger partial charge < -0.3 is 0 Å². The quantitative estimate of drug-likeness (QED) is 0.521. The van der Waals surface area contributed by atoms with Gasteiger partial charge in [-0.25, -0.2) is 0 Å². The molecule has 0 aliphatic rings. The monoisotopic (exact) mass is 140 g/mol. The zero-order valence-electron chi connectivity index (χ0n) is 7.78. The molecule has 0 nitrogen and oxygen atoms in total. The van der Waals surface area contributed by atoms with Crippen molar-refractivity contribution in [1.29, 1.82) is 0 Å². The molecule has 0 aromatic carbocycles. The lowest BCUT2D eigenvalue weighted by Gasteiger charge is -2.07. The van der Waals surface area contributed by atoms with Crippen LogP contribution in [0.5, 0.6) is 0 Å². The summed E-state index contributed by atoms with van der Waals surface area (Å²) in [7, 11) is 0. The van der Waals surface area contributed by atoms with Gasteiger partial charge in [0.1, 0.15) is 0 Å².